The number of hydrogen-bond donors (Lipinski definition) is 2. The van der Waals surface area contributed by atoms with Crippen LogP contribution in [0.1, 0.15) is 59.3 Å². The minimum Gasteiger partial charge on any atom is -0.352 e. The molecule has 11 heteroatoms. The minimum absolute atomic E-state index is 0.177. The van der Waals surface area contributed by atoms with Gasteiger partial charge in [0.2, 0.25) is 0 Å². The van der Waals surface area contributed by atoms with Gasteiger partial charge in [0.1, 0.15) is 6.23 Å². The number of hydrogen-bond acceptors (Lipinski definition) is 7. The van der Waals surface area contributed by atoms with Crippen LogP contribution in [0, 0.1) is 6.92 Å². The summed E-state index contributed by atoms with van der Waals surface area (Å²) in [6, 6.07) is 1.31. The molecule has 0 aliphatic carbocycles. The number of H-pyrrole nitrogens is 1. The monoisotopic (exact) mass is 517 g/mol. The Morgan fingerprint density at radius 2 is 2.00 bits per heavy atom. The van der Waals surface area contributed by atoms with E-state index in [4.69, 9.17) is 18.3 Å². The Labute approximate surface area is 205 Å². The SMILES string of the molecule is COP(OCCCNC(C)C)OC1CC(n2cc(C)c(=O)[nH]c2=O)OC1C[Si](C)(C)C(C)(C)C. The average molecular weight is 518 g/mol. The Balaban J connectivity index is 2.17. The molecule has 34 heavy (non-hydrogen) atoms. The summed E-state index contributed by atoms with van der Waals surface area (Å²) >= 11 is 0. The summed E-state index contributed by atoms with van der Waals surface area (Å²) in [6.07, 6.45) is 1.90. The highest BCUT2D eigenvalue weighted by molar-refractivity contribution is 7.41. The number of nitrogens with one attached hydrogen (secondary N) is 2. The van der Waals surface area contributed by atoms with Crippen LogP contribution in [0.25, 0.3) is 0 Å². The van der Waals surface area contributed by atoms with Gasteiger partial charge in [-0.3, -0.25) is 14.3 Å². The molecule has 4 atom stereocenters. The van der Waals surface area contributed by atoms with Crippen molar-refractivity contribution in [3.8, 4) is 0 Å². The van der Waals surface area contributed by atoms with E-state index in [1.165, 1.54) is 4.57 Å². The Kier molecular flexibility index (Phi) is 10.7. The van der Waals surface area contributed by atoms with Gasteiger partial charge in [0.15, 0.2) is 0 Å². The van der Waals surface area contributed by atoms with Gasteiger partial charge in [-0.1, -0.05) is 47.7 Å². The lowest BCUT2D eigenvalue weighted by atomic mass is 10.2. The predicted octanol–water partition coefficient (Wildman–Crippen LogP) is 4.30. The van der Waals surface area contributed by atoms with Gasteiger partial charge in [0.25, 0.3) is 5.56 Å². The molecule has 1 saturated heterocycles. The Morgan fingerprint density at radius 3 is 2.59 bits per heavy atom. The highest BCUT2D eigenvalue weighted by Gasteiger charge is 2.45. The molecule has 1 aliphatic heterocycles. The van der Waals surface area contributed by atoms with Crippen molar-refractivity contribution < 1.29 is 18.3 Å². The molecule has 1 aliphatic rings. The molecule has 2 N–H and O–H groups in total. The van der Waals surface area contributed by atoms with Gasteiger partial charge >= 0.3 is 14.3 Å². The van der Waals surface area contributed by atoms with Crippen LogP contribution in [0.2, 0.25) is 24.2 Å². The van der Waals surface area contributed by atoms with E-state index < -0.39 is 28.6 Å². The van der Waals surface area contributed by atoms with Gasteiger partial charge in [-0.05, 0) is 31.0 Å². The van der Waals surface area contributed by atoms with Gasteiger partial charge in [-0.15, -0.1) is 0 Å². The molecular formula is C23H44N3O6PSi. The van der Waals surface area contributed by atoms with E-state index in [1.807, 2.05) is 0 Å². The van der Waals surface area contributed by atoms with Gasteiger partial charge in [0.05, 0.1) is 26.9 Å². The molecule has 1 aromatic heterocycles. The molecule has 0 radical (unpaired) electrons. The zero-order valence-electron chi connectivity index (χ0n) is 22.3. The van der Waals surface area contributed by atoms with E-state index in [0.29, 0.717) is 24.6 Å². The van der Waals surface area contributed by atoms with Crippen molar-refractivity contribution in [3.63, 3.8) is 0 Å². The normalized spacial score (nSPS) is 22.5. The lowest BCUT2D eigenvalue weighted by Gasteiger charge is -2.39. The first-order valence-corrected chi connectivity index (χ1v) is 16.4. The quantitative estimate of drug-likeness (QED) is 0.242. The van der Waals surface area contributed by atoms with Gasteiger partial charge < -0.3 is 23.6 Å². The maximum Gasteiger partial charge on any atom is 0.332 e. The van der Waals surface area contributed by atoms with Crippen LogP contribution in [-0.4, -0.2) is 56.1 Å². The fourth-order valence-electron chi connectivity index (χ4n) is 3.61. The summed E-state index contributed by atoms with van der Waals surface area (Å²) in [7, 11) is -1.67. The zero-order chi connectivity index (χ0) is 25.7. The van der Waals surface area contributed by atoms with Crippen LogP contribution < -0.4 is 16.6 Å². The summed E-state index contributed by atoms with van der Waals surface area (Å²) in [5.74, 6) is 0. The number of nitrogens with zero attached hydrogens (tertiary/aromatic N) is 1. The topological polar surface area (TPSA) is 104 Å². The highest BCUT2D eigenvalue weighted by Crippen LogP contribution is 2.48. The number of ether oxygens (including phenoxy) is 1. The Morgan fingerprint density at radius 1 is 1.32 bits per heavy atom. The van der Waals surface area contributed by atoms with Crippen LogP contribution in [0.3, 0.4) is 0 Å². The fraction of sp³-hybridized carbons (Fsp3) is 0.826. The largest absolute Gasteiger partial charge is 0.352 e. The van der Waals surface area contributed by atoms with Crippen molar-refractivity contribution in [2.24, 2.45) is 0 Å². The summed E-state index contributed by atoms with van der Waals surface area (Å²) in [5, 5.41) is 3.54. The molecule has 1 aromatic rings. The summed E-state index contributed by atoms with van der Waals surface area (Å²) in [6.45, 7) is 18.8. The smallest absolute Gasteiger partial charge is 0.332 e. The van der Waals surface area contributed by atoms with Crippen molar-refractivity contribution in [1.29, 1.82) is 0 Å². The Hall–Kier alpha value is -0.873. The molecule has 0 spiro atoms. The average Bonchev–Trinajstić information content (AvgIpc) is 3.09. The standard InChI is InChI=1S/C23H44N3O6PSi/c1-16(2)24-11-10-12-30-33(29-7)32-18-13-20(26-14-17(3)21(27)25-22(26)28)31-19(18)15-34(8,9)23(4,5)6/h14,16,18-20,24H,10-13,15H2,1-9H3,(H,25,27,28). The second-order valence-electron chi connectivity index (χ2n) is 11.0. The summed E-state index contributed by atoms with van der Waals surface area (Å²) in [5.41, 5.74) is -0.394. The summed E-state index contributed by atoms with van der Waals surface area (Å²) < 4.78 is 25.6. The minimum atomic E-state index is -1.72. The summed E-state index contributed by atoms with van der Waals surface area (Å²) in [4.78, 5) is 26.7. The second-order valence-corrected chi connectivity index (χ2v) is 18.0. The van der Waals surface area contributed by atoms with Gasteiger partial charge in [0, 0.05) is 31.3 Å². The van der Waals surface area contributed by atoms with E-state index in [1.54, 1.807) is 20.2 Å². The van der Waals surface area contributed by atoms with E-state index in [0.717, 1.165) is 19.0 Å². The van der Waals surface area contributed by atoms with Crippen molar-refractivity contribution in [1.82, 2.24) is 14.9 Å². The third kappa shape index (κ3) is 8.08. The van der Waals surface area contributed by atoms with E-state index in [9.17, 15) is 9.59 Å². The molecule has 1 fully saturated rings. The van der Waals surface area contributed by atoms with Crippen LogP contribution in [0.4, 0.5) is 0 Å². The highest BCUT2D eigenvalue weighted by atomic mass is 31.2. The first kappa shape index (κ1) is 29.4. The molecule has 0 bridgehead atoms. The molecule has 0 amide bonds. The van der Waals surface area contributed by atoms with Crippen molar-refractivity contribution in [2.75, 3.05) is 20.3 Å². The molecular weight excluding hydrogens is 473 g/mol. The number of aromatic nitrogens is 2. The predicted molar refractivity (Wildman–Crippen MR) is 139 cm³/mol. The van der Waals surface area contributed by atoms with E-state index in [-0.39, 0.29) is 22.8 Å². The second kappa shape index (κ2) is 12.4. The maximum absolute atomic E-state index is 12.5. The third-order valence-corrected chi connectivity index (χ3v) is 13.4. The van der Waals surface area contributed by atoms with Gasteiger partial charge in [-0.25, -0.2) is 4.79 Å². The van der Waals surface area contributed by atoms with Crippen molar-refractivity contribution >= 4 is 16.7 Å². The lowest BCUT2D eigenvalue weighted by molar-refractivity contribution is -0.0103. The first-order valence-electron chi connectivity index (χ1n) is 12.1. The molecule has 2 rings (SSSR count). The molecule has 2 heterocycles. The van der Waals surface area contributed by atoms with Crippen molar-refractivity contribution in [3.05, 3.63) is 32.6 Å². The molecule has 4 unspecified atom stereocenters. The van der Waals surface area contributed by atoms with Crippen LogP contribution >= 0.6 is 8.60 Å². The lowest BCUT2D eigenvalue weighted by Crippen LogP contribution is -2.42. The molecule has 0 aromatic carbocycles. The van der Waals surface area contributed by atoms with E-state index >= 15 is 0 Å². The number of rotatable bonds is 12. The van der Waals surface area contributed by atoms with Gasteiger partial charge in [-0.2, -0.15) is 0 Å². The maximum atomic E-state index is 12.5. The Bertz CT molecular complexity index is 898. The van der Waals surface area contributed by atoms with Crippen molar-refractivity contribution in [2.45, 2.75) is 103 Å². The molecule has 196 valence electrons. The first-order chi connectivity index (χ1) is 15.7. The van der Waals surface area contributed by atoms with Crippen LogP contribution in [0.5, 0.6) is 0 Å². The zero-order valence-corrected chi connectivity index (χ0v) is 24.2. The fourth-order valence-corrected chi connectivity index (χ4v) is 6.56. The van der Waals surface area contributed by atoms with E-state index in [2.05, 4.69) is 58.0 Å². The van der Waals surface area contributed by atoms with Crippen LogP contribution in [0.15, 0.2) is 15.8 Å². The molecule has 9 nitrogen and oxygen atoms in total. The number of aromatic amines is 1. The van der Waals surface area contributed by atoms with Crippen LogP contribution in [-0.2, 0) is 18.3 Å². The molecule has 0 saturated carbocycles. The number of aryl methyl sites for hydroxylation is 1. The third-order valence-electron chi connectivity index (χ3n) is 6.82.